The van der Waals surface area contributed by atoms with Gasteiger partial charge in [0.05, 0.1) is 33.1 Å². The highest BCUT2D eigenvalue weighted by Crippen LogP contribution is 2.33. The second-order valence-corrected chi connectivity index (χ2v) is 13.7. The van der Waals surface area contributed by atoms with Crippen LogP contribution in [0.25, 0.3) is 66.2 Å². The number of unbranched alkanes of at least 4 members (excludes halogenated alkanes) is 9. The molecule has 7 aromatic rings. The summed E-state index contributed by atoms with van der Waals surface area (Å²) in [5.41, 5.74) is 13.7. The van der Waals surface area contributed by atoms with Crippen molar-refractivity contribution in [3.8, 4) is 0 Å². The Bertz CT molecular complexity index is 1940. The van der Waals surface area contributed by atoms with Crippen LogP contribution in [0.4, 0.5) is 0 Å². The average Bonchev–Trinajstić information content (AvgIpc) is 3.11. The Hall–Kier alpha value is -4.32. The maximum atomic E-state index is 5.27. The summed E-state index contributed by atoms with van der Waals surface area (Å²) in [7, 11) is 0. The lowest BCUT2D eigenvalue weighted by Gasteiger charge is -2.12. The van der Waals surface area contributed by atoms with Gasteiger partial charge in [-0.3, -0.25) is 0 Å². The predicted molar refractivity (Wildman–Crippen MR) is 202 cm³/mol. The van der Waals surface area contributed by atoms with Crippen molar-refractivity contribution in [2.75, 3.05) is 0 Å². The molecule has 7 rings (SSSR count). The standard InChI is InChI=1S/C42H48N6/c1-4-7-10-13-16-28-19-22-31-34(25-28)46-40-37(43-31)41-39(45-33-24-21-30(27-36(33)47-41)18-15-12-9-6-3)42-38(40)44-32-23-20-29(26-35(32)48-42)17-14-11-8-5-2/h19-27H,4-18H2,1-3H3. The van der Waals surface area contributed by atoms with Crippen molar-refractivity contribution in [1.82, 2.24) is 29.9 Å². The van der Waals surface area contributed by atoms with E-state index in [4.69, 9.17) is 29.9 Å². The van der Waals surface area contributed by atoms with E-state index >= 15 is 0 Å². The molecule has 6 heteroatoms. The first-order valence-electron chi connectivity index (χ1n) is 18.6. The van der Waals surface area contributed by atoms with Crippen LogP contribution in [-0.4, -0.2) is 29.9 Å². The normalized spacial score (nSPS) is 12.1. The third kappa shape index (κ3) is 6.80. The molecule has 0 aliphatic carbocycles. The largest absolute Gasteiger partial charge is 0.242 e. The molecule has 0 aliphatic heterocycles. The molecular weight excluding hydrogens is 589 g/mol. The molecule has 0 radical (unpaired) electrons. The molecular formula is C42H48N6. The van der Waals surface area contributed by atoms with Gasteiger partial charge in [-0.05, 0) is 91.6 Å². The molecule has 0 amide bonds. The van der Waals surface area contributed by atoms with Gasteiger partial charge < -0.3 is 0 Å². The molecule has 246 valence electrons. The van der Waals surface area contributed by atoms with E-state index in [0.717, 1.165) is 85.5 Å². The van der Waals surface area contributed by atoms with Crippen LogP contribution in [0.2, 0.25) is 0 Å². The van der Waals surface area contributed by atoms with Crippen molar-refractivity contribution in [2.24, 2.45) is 0 Å². The Labute approximate surface area is 283 Å². The maximum Gasteiger partial charge on any atom is 0.120 e. The zero-order valence-corrected chi connectivity index (χ0v) is 29.0. The number of fused-ring (bicyclic) bond motifs is 9. The van der Waals surface area contributed by atoms with Gasteiger partial charge in [0.1, 0.15) is 33.1 Å². The summed E-state index contributed by atoms with van der Waals surface area (Å²) in [6.07, 6.45) is 18.0. The van der Waals surface area contributed by atoms with Crippen LogP contribution in [-0.2, 0) is 19.3 Å². The number of nitrogens with zero attached hydrogens (tertiary/aromatic N) is 6. The smallest absolute Gasteiger partial charge is 0.120 e. The second-order valence-electron chi connectivity index (χ2n) is 13.7. The first kappa shape index (κ1) is 32.2. The van der Waals surface area contributed by atoms with Crippen LogP contribution >= 0.6 is 0 Å². The number of rotatable bonds is 15. The molecule has 0 fully saturated rings. The molecule has 3 heterocycles. The first-order valence-corrected chi connectivity index (χ1v) is 18.6. The zero-order chi connectivity index (χ0) is 32.9. The van der Waals surface area contributed by atoms with Gasteiger partial charge in [-0.25, -0.2) is 29.9 Å². The van der Waals surface area contributed by atoms with Crippen molar-refractivity contribution >= 4 is 66.2 Å². The summed E-state index contributed by atoms with van der Waals surface area (Å²) in [4.78, 5) is 31.4. The number of aryl methyl sites for hydroxylation is 3. The van der Waals surface area contributed by atoms with E-state index in [-0.39, 0.29) is 0 Å². The molecule has 3 aromatic heterocycles. The molecule has 0 spiro atoms. The van der Waals surface area contributed by atoms with Gasteiger partial charge >= 0.3 is 0 Å². The molecule has 6 nitrogen and oxygen atoms in total. The van der Waals surface area contributed by atoms with Gasteiger partial charge in [-0.1, -0.05) is 96.8 Å². The number of aromatic nitrogens is 6. The van der Waals surface area contributed by atoms with Gasteiger partial charge in [0.15, 0.2) is 0 Å². The van der Waals surface area contributed by atoms with E-state index in [9.17, 15) is 0 Å². The van der Waals surface area contributed by atoms with E-state index in [0.29, 0.717) is 0 Å². The van der Waals surface area contributed by atoms with Crippen molar-refractivity contribution in [2.45, 2.75) is 117 Å². The lowest BCUT2D eigenvalue weighted by molar-refractivity contribution is 0.667. The topological polar surface area (TPSA) is 77.3 Å². The summed E-state index contributed by atoms with van der Waals surface area (Å²) in [6.45, 7) is 6.77. The fourth-order valence-corrected chi connectivity index (χ4v) is 7.02. The molecule has 0 aliphatic rings. The number of hydrogen-bond acceptors (Lipinski definition) is 6. The summed E-state index contributed by atoms with van der Waals surface area (Å²) < 4.78 is 0. The molecule has 48 heavy (non-hydrogen) atoms. The maximum absolute atomic E-state index is 5.27. The third-order valence-electron chi connectivity index (χ3n) is 9.82. The Kier molecular flexibility index (Phi) is 9.97. The summed E-state index contributed by atoms with van der Waals surface area (Å²) in [6, 6.07) is 19.6. The molecule has 0 unspecified atom stereocenters. The zero-order valence-electron chi connectivity index (χ0n) is 29.0. The van der Waals surface area contributed by atoms with Crippen molar-refractivity contribution < 1.29 is 0 Å². The number of benzene rings is 4. The van der Waals surface area contributed by atoms with Gasteiger partial charge in [-0.2, -0.15) is 0 Å². The molecule has 4 aromatic carbocycles. The Morgan fingerprint density at radius 1 is 0.312 bits per heavy atom. The van der Waals surface area contributed by atoms with Gasteiger partial charge in [-0.15, -0.1) is 0 Å². The minimum atomic E-state index is 0.740. The van der Waals surface area contributed by atoms with Crippen LogP contribution in [0.15, 0.2) is 54.6 Å². The monoisotopic (exact) mass is 636 g/mol. The lowest BCUT2D eigenvalue weighted by Crippen LogP contribution is -2.00. The second kappa shape index (κ2) is 14.8. The SMILES string of the molecule is CCCCCCc1ccc2nc3c4nc5cc(CCCCCC)ccc5nc4c4nc5cc(CCCCCC)ccc5nc4c3nc2c1. The summed E-state index contributed by atoms with van der Waals surface area (Å²) in [5, 5.41) is 0. The third-order valence-corrected chi connectivity index (χ3v) is 9.82. The Morgan fingerprint density at radius 3 is 0.854 bits per heavy atom. The molecule has 0 N–H and O–H groups in total. The fourth-order valence-electron chi connectivity index (χ4n) is 7.02. The van der Waals surface area contributed by atoms with Crippen molar-refractivity contribution in [3.63, 3.8) is 0 Å². The van der Waals surface area contributed by atoms with Gasteiger partial charge in [0.2, 0.25) is 0 Å². The van der Waals surface area contributed by atoms with Crippen molar-refractivity contribution in [1.29, 1.82) is 0 Å². The van der Waals surface area contributed by atoms with Crippen molar-refractivity contribution in [3.05, 3.63) is 71.3 Å². The predicted octanol–water partition coefficient (Wildman–Crippen LogP) is 11.3. The first-order chi connectivity index (χ1) is 23.6. The van der Waals surface area contributed by atoms with Crippen LogP contribution in [0, 0.1) is 0 Å². The van der Waals surface area contributed by atoms with Crippen LogP contribution in [0.3, 0.4) is 0 Å². The minimum Gasteiger partial charge on any atom is -0.242 e. The Balaban J connectivity index is 1.40. The van der Waals surface area contributed by atoms with Crippen LogP contribution < -0.4 is 0 Å². The lowest BCUT2D eigenvalue weighted by atomic mass is 10.0. The Morgan fingerprint density at radius 2 is 0.583 bits per heavy atom. The number of hydrogen-bond donors (Lipinski definition) is 0. The fraction of sp³-hybridized carbons (Fsp3) is 0.429. The highest BCUT2D eigenvalue weighted by atomic mass is 14.9. The van der Waals surface area contributed by atoms with Gasteiger partial charge in [0.25, 0.3) is 0 Å². The quantitative estimate of drug-likeness (QED) is 0.0633. The summed E-state index contributed by atoms with van der Waals surface area (Å²) >= 11 is 0. The summed E-state index contributed by atoms with van der Waals surface area (Å²) in [5.74, 6) is 0. The van der Waals surface area contributed by atoms with E-state index < -0.39 is 0 Å². The van der Waals surface area contributed by atoms with E-state index in [2.05, 4.69) is 75.4 Å². The van der Waals surface area contributed by atoms with Gasteiger partial charge in [0, 0.05) is 0 Å². The van der Waals surface area contributed by atoms with E-state index in [1.807, 2.05) is 0 Å². The van der Waals surface area contributed by atoms with Crippen LogP contribution in [0.5, 0.6) is 0 Å². The van der Waals surface area contributed by atoms with E-state index in [1.54, 1.807) is 0 Å². The van der Waals surface area contributed by atoms with E-state index in [1.165, 1.54) is 93.7 Å². The average molecular weight is 637 g/mol. The minimum absolute atomic E-state index is 0.740. The molecule has 0 bridgehead atoms. The molecule has 0 saturated heterocycles. The van der Waals surface area contributed by atoms with Crippen LogP contribution in [0.1, 0.15) is 115 Å². The highest BCUT2D eigenvalue weighted by Gasteiger charge is 2.19. The molecule has 0 atom stereocenters. The molecule has 0 saturated carbocycles. The highest BCUT2D eigenvalue weighted by molar-refractivity contribution is 6.20.